The van der Waals surface area contributed by atoms with Crippen LogP contribution in [0.1, 0.15) is 44.6 Å². The average Bonchev–Trinajstić information content (AvgIpc) is 3.42. The van der Waals surface area contributed by atoms with Crippen molar-refractivity contribution in [2.75, 3.05) is 51.2 Å². The second-order valence-corrected chi connectivity index (χ2v) is 8.87. The van der Waals surface area contributed by atoms with Crippen LogP contribution in [0.25, 0.3) is 0 Å². The third-order valence-electron chi connectivity index (χ3n) is 6.87. The van der Waals surface area contributed by atoms with Gasteiger partial charge in [0.1, 0.15) is 0 Å². The van der Waals surface area contributed by atoms with Crippen molar-refractivity contribution in [2.24, 2.45) is 10.9 Å². The Labute approximate surface area is 193 Å². The van der Waals surface area contributed by atoms with Gasteiger partial charge in [0.05, 0.1) is 0 Å². The zero-order chi connectivity index (χ0) is 19.3. The van der Waals surface area contributed by atoms with E-state index in [1.54, 1.807) is 0 Å². The zero-order valence-corrected chi connectivity index (χ0v) is 20.5. The van der Waals surface area contributed by atoms with Crippen molar-refractivity contribution in [3.05, 3.63) is 29.8 Å². The molecule has 3 aliphatic rings. The Balaban J connectivity index is 0.00000240. The van der Waals surface area contributed by atoms with E-state index in [9.17, 15) is 0 Å². The Morgan fingerprint density at radius 3 is 2.34 bits per heavy atom. The number of hydrogen-bond acceptors (Lipinski definition) is 3. The molecule has 3 saturated heterocycles. The molecule has 29 heavy (non-hydrogen) atoms. The molecule has 0 aromatic heterocycles. The van der Waals surface area contributed by atoms with E-state index in [0.29, 0.717) is 6.04 Å². The SMILES string of the molecule is CN=C(NCc1ccc(N2CCC(C)CC2)cc1)N1CCC(N2CCCC2)C1.I. The minimum Gasteiger partial charge on any atom is -0.372 e. The van der Waals surface area contributed by atoms with Crippen LogP contribution in [-0.4, -0.2) is 68.1 Å². The van der Waals surface area contributed by atoms with Gasteiger partial charge < -0.3 is 15.1 Å². The zero-order valence-electron chi connectivity index (χ0n) is 18.1. The van der Waals surface area contributed by atoms with Crippen molar-refractivity contribution in [2.45, 2.75) is 51.6 Å². The van der Waals surface area contributed by atoms with Gasteiger partial charge in [-0.15, -0.1) is 24.0 Å². The van der Waals surface area contributed by atoms with Gasteiger partial charge >= 0.3 is 0 Å². The molecule has 4 rings (SSSR count). The Morgan fingerprint density at radius 2 is 1.69 bits per heavy atom. The molecule has 0 saturated carbocycles. The highest BCUT2D eigenvalue weighted by Gasteiger charge is 2.30. The Morgan fingerprint density at radius 1 is 1.00 bits per heavy atom. The van der Waals surface area contributed by atoms with E-state index in [1.165, 1.54) is 69.5 Å². The molecule has 1 aromatic carbocycles. The highest BCUT2D eigenvalue weighted by molar-refractivity contribution is 14.0. The summed E-state index contributed by atoms with van der Waals surface area (Å²) in [4.78, 5) is 12.2. The fourth-order valence-electron chi connectivity index (χ4n) is 4.94. The summed E-state index contributed by atoms with van der Waals surface area (Å²) in [5, 5.41) is 3.59. The molecule has 162 valence electrons. The van der Waals surface area contributed by atoms with Crippen molar-refractivity contribution in [3.63, 3.8) is 0 Å². The van der Waals surface area contributed by atoms with Gasteiger partial charge in [-0.1, -0.05) is 19.1 Å². The first-order valence-corrected chi connectivity index (χ1v) is 11.3. The molecule has 1 N–H and O–H groups in total. The minimum absolute atomic E-state index is 0. The van der Waals surface area contributed by atoms with Crippen molar-refractivity contribution in [1.29, 1.82) is 0 Å². The lowest BCUT2D eigenvalue weighted by Gasteiger charge is -2.32. The molecule has 3 aliphatic heterocycles. The van der Waals surface area contributed by atoms with E-state index >= 15 is 0 Å². The largest absolute Gasteiger partial charge is 0.372 e. The summed E-state index contributed by atoms with van der Waals surface area (Å²) in [5.41, 5.74) is 2.69. The van der Waals surface area contributed by atoms with Crippen LogP contribution in [0.15, 0.2) is 29.3 Å². The van der Waals surface area contributed by atoms with Crippen molar-refractivity contribution < 1.29 is 0 Å². The highest BCUT2D eigenvalue weighted by Crippen LogP contribution is 2.23. The first kappa shape index (κ1) is 22.7. The quantitative estimate of drug-likeness (QED) is 0.379. The number of nitrogens with one attached hydrogen (secondary N) is 1. The monoisotopic (exact) mass is 511 g/mol. The summed E-state index contributed by atoms with van der Waals surface area (Å²) >= 11 is 0. The highest BCUT2D eigenvalue weighted by atomic mass is 127. The van der Waals surface area contributed by atoms with Crippen LogP contribution in [0.2, 0.25) is 0 Å². The van der Waals surface area contributed by atoms with Crippen LogP contribution >= 0.6 is 24.0 Å². The molecule has 1 aromatic rings. The third-order valence-corrected chi connectivity index (χ3v) is 6.87. The average molecular weight is 511 g/mol. The van der Waals surface area contributed by atoms with Gasteiger partial charge in [-0.3, -0.25) is 9.89 Å². The maximum atomic E-state index is 4.55. The number of hydrogen-bond donors (Lipinski definition) is 1. The lowest BCUT2D eigenvalue weighted by molar-refractivity contribution is 0.249. The van der Waals surface area contributed by atoms with Gasteiger partial charge in [-0.05, 0) is 68.8 Å². The standard InChI is InChI=1S/C23H37N5.HI/c1-19-9-14-27(15-10-19)21-7-5-20(6-8-21)17-25-23(24-2)28-16-11-22(18-28)26-12-3-4-13-26;/h5-8,19,22H,3-4,9-18H2,1-2H3,(H,24,25);1H. The molecule has 0 spiro atoms. The molecular formula is C23H38IN5. The molecule has 1 unspecified atom stereocenters. The molecule has 0 bridgehead atoms. The molecule has 1 atom stereocenters. The van der Waals surface area contributed by atoms with Crippen LogP contribution < -0.4 is 10.2 Å². The summed E-state index contributed by atoms with van der Waals surface area (Å²) in [5.74, 6) is 1.93. The van der Waals surface area contributed by atoms with Crippen molar-refractivity contribution >= 4 is 35.6 Å². The van der Waals surface area contributed by atoms with Crippen molar-refractivity contribution in [1.82, 2.24) is 15.1 Å². The molecular weight excluding hydrogens is 473 g/mol. The molecule has 0 radical (unpaired) electrons. The number of halogens is 1. The maximum Gasteiger partial charge on any atom is 0.193 e. The van der Waals surface area contributed by atoms with Gasteiger partial charge in [0, 0.05) is 51.5 Å². The van der Waals surface area contributed by atoms with E-state index in [1.807, 2.05) is 7.05 Å². The fourth-order valence-corrected chi connectivity index (χ4v) is 4.94. The molecule has 5 nitrogen and oxygen atoms in total. The van der Waals surface area contributed by atoms with Gasteiger partial charge in [0.15, 0.2) is 5.96 Å². The lowest BCUT2D eigenvalue weighted by Crippen LogP contribution is -2.42. The number of likely N-dealkylation sites (tertiary alicyclic amines) is 2. The summed E-state index contributed by atoms with van der Waals surface area (Å²) in [6.07, 6.45) is 6.64. The Bertz CT molecular complexity index is 648. The van der Waals surface area contributed by atoms with E-state index in [4.69, 9.17) is 0 Å². The van der Waals surface area contributed by atoms with Crippen LogP contribution in [0.4, 0.5) is 5.69 Å². The predicted molar refractivity (Wildman–Crippen MR) is 133 cm³/mol. The van der Waals surface area contributed by atoms with Crippen molar-refractivity contribution in [3.8, 4) is 0 Å². The van der Waals surface area contributed by atoms with Crippen LogP contribution in [0, 0.1) is 5.92 Å². The van der Waals surface area contributed by atoms with Crippen LogP contribution in [0.5, 0.6) is 0 Å². The van der Waals surface area contributed by atoms with Gasteiger partial charge in [0.2, 0.25) is 0 Å². The van der Waals surface area contributed by atoms with Gasteiger partial charge in [-0.25, -0.2) is 0 Å². The summed E-state index contributed by atoms with van der Waals surface area (Å²) in [7, 11) is 1.91. The minimum atomic E-state index is 0. The van der Waals surface area contributed by atoms with Gasteiger partial charge in [-0.2, -0.15) is 0 Å². The number of rotatable bonds is 4. The molecule has 3 heterocycles. The molecule has 0 aliphatic carbocycles. The Hall–Kier alpha value is -1.02. The molecule has 6 heteroatoms. The van der Waals surface area contributed by atoms with Crippen LogP contribution in [-0.2, 0) is 6.54 Å². The van der Waals surface area contributed by atoms with Gasteiger partial charge in [0.25, 0.3) is 0 Å². The lowest BCUT2D eigenvalue weighted by atomic mass is 9.99. The summed E-state index contributed by atoms with van der Waals surface area (Å²) < 4.78 is 0. The second kappa shape index (κ2) is 10.8. The summed E-state index contributed by atoms with van der Waals surface area (Å²) in [6.45, 7) is 10.4. The van der Waals surface area contributed by atoms with E-state index < -0.39 is 0 Å². The maximum absolute atomic E-state index is 4.55. The number of anilines is 1. The number of piperidine rings is 1. The van der Waals surface area contributed by atoms with Crippen LogP contribution in [0.3, 0.4) is 0 Å². The van der Waals surface area contributed by atoms with E-state index in [-0.39, 0.29) is 24.0 Å². The number of aliphatic imine (C=N–C) groups is 1. The summed E-state index contributed by atoms with van der Waals surface area (Å²) in [6, 6.07) is 9.83. The van der Waals surface area contributed by atoms with E-state index in [0.717, 1.165) is 31.5 Å². The normalized spacial score (nSPS) is 24.1. The molecule has 0 amide bonds. The topological polar surface area (TPSA) is 34.1 Å². The van der Waals surface area contributed by atoms with E-state index in [2.05, 4.69) is 56.2 Å². The Kier molecular flexibility index (Phi) is 8.47. The first-order valence-electron chi connectivity index (χ1n) is 11.3. The smallest absolute Gasteiger partial charge is 0.193 e. The number of benzene rings is 1. The number of guanidine groups is 1. The third kappa shape index (κ3) is 5.78. The second-order valence-electron chi connectivity index (χ2n) is 8.87. The first-order chi connectivity index (χ1) is 13.7. The molecule has 3 fully saturated rings. The predicted octanol–water partition coefficient (Wildman–Crippen LogP) is 3.79. The fraction of sp³-hybridized carbons (Fsp3) is 0.696. The number of nitrogens with zero attached hydrogens (tertiary/aromatic N) is 4.